The lowest BCUT2D eigenvalue weighted by Gasteiger charge is -2.23. The number of alkyl carbamates (subject to hydrolysis) is 2. The summed E-state index contributed by atoms with van der Waals surface area (Å²) in [4.78, 5) is 41.3. The van der Waals surface area contributed by atoms with Gasteiger partial charge in [0, 0.05) is 31.9 Å². The topological polar surface area (TPSA) is 119 Å². The first-order chi connectivity index (χ1) is 18.2. The molecule has 0 radical (unpaired) electrons. The molecule has 0 aliphatic carbocycles. The maximum Gasteiger partial charge on any atom is 0.408 e. The predicted octanol–water partition coefficient (Wildman–Crippen LogP) is 4.26. The van der Waals surface area contributed by atoms with Crippen LogP contribution in [0.4, 0.5) is 9.59 Å². The highest BCUT2D eigenvalue weighted by molar-refractivity contribution is 5.86. The van der Waals surface area contributed by atoms with E-state index in [1.165, 1.54) is 0 Å². The van der Waals surface area contributed by atoms with Gasteiger partial charge in [-0.15, -0.1) is 0 Å². The summed E-state index contributed by atoms with van der Waals surface area (Å²) in [6.07, 6.45) is 2.40. The molecule has 0 fully saturated rings. The molecule has 200 valence electrons. The molecule has 0 bridgehead atoms. The first-order valence-electron chi connectivity index (χ1n) is 12.4. The second-order valence-corrected chi connectivity index (χ2v) is 9.71. The summed E-state index contributed by atoms with van der Waals surface area (Å²) in [6, 6.07) is 19.7. The molecule has 0 saturated heterocycles. The fourth-order valence-corrected chi connectivity index (χ4v) is 3.45. The minimum atomic E-state index is -0.834. The Balaban J connectivity index is 1.49. The van der Waals surface area contributed by atoms with Crippen LogP contribution < -0.4 is 16.0 Å². The first kappa shape index (κ1) is 28.2. The molecule has 1 heterocycles. The number of hydrogen-bond acceptors (Lipinski definition) is 6. The molecule has 38 heavy (non-hydrogen) atoms. The lowest BCUT2D eigenvalue weighted by molar-refractivity contribution is -0.123. The van der Waals surface area contributed by atoms with Gasteiger partial charge in [0.1, 0.15) is 18.2 Å². The monoisotopic (exact) mass is 518 g/mol. The fourth-order valence-electron chi connectivity index (χ4n) is 3.45. The van der Waals surface area contributed by atoms with Gasteiger partial charge in [-0.3, -0.25) is 9.78 Å². The van der Waals surface area contributed by atoms with Gasteiger partial charge in [0.25, 0.3) is 0 Å². The van der Waals surface area contributed by atoms with Crippen molar-refractivity contribution in [2.45, 2.75) is 58.5 Å². The van der Waals surface area contributed by atoms with E-state index in [0.717, 1.165) is 22.3 Å². The summed E-state index contributed by atoms with van der Waals surface area (Å²) in [7, 11) is 0. The van der Waals surface area contributed by atoms with Crippen molar-refractivity contribution < 1.29 is 23.9 Å². The van der Waals surface area contributed by atoms with Gasteiger partial charge in [-0.05, 0) is 49.1 Å². The smallest absolute Gasteiger partial charge is 0.408 e. The molecule has 3 rings (SSSR count). The van der Waals surface area contributed by atoms with Crippen molar-refractivity contribution in [3.63, 3.8) is 0 Å². The third kappa shape index (κ3) is 10.3. The second-order valence-electron chi connectivity index (χ2n) is 9.71. The van der Waals surface area contributed by atoms with E-state index in [4.69, 9.17) is 9.47 Å². The molecule has 9 nitrogen and oxygen atoms in total. The maximum atomic E-state index is 13.0. The highest BCUT2D eigenvalue weighted by atomic mass is 16.6. The van der Waals surface area contributed by atoms with E-state index in [0.29, 0.717) is 6.54 Å². The number of pyridine rings is 1. The minimum Gasteiger partial charge on any atom is -0.445 e. The van der Waals surface area contributed by atoms with Crippen LogP contribution in [0.15, 0.2) is 79.1 Å². The van der Waals surface area contributed by atoms with Crippen LogP contribution in [-0.4, -0.2) is 34.7 Å². The van der Waals surface area contributed by atoms with Gasteiger partial charge in [0.2, 0.25) is 5.91 Å². The molecule has 1 aromatic heterocycles. The number of nitrogens with zero attached hydrogens (tertiary/aromatic N) is 1. The van der Waals surface area contributed by atoms with Crippen molar-refractivity contribution in [3.05, 3.63) is 101 Å². The van der Waals surface area contributed by atoms with Gasteiger partial charge in [-0.1, -0.05) is 60.7 Å². The third-order valence-electron chi connectivity index (χ3n) is 5.31. The Bertz CT molecular complexity index is 1180. The Kier molecular flexibility index (Phi) is 10.2. The quantitative estimate of drug-likeness (QED) is 0.369. The van der Waals surface area contributed by atoms with E-state index in [2.05, 4.69) is 20.9 Å². The zero-order valence-corrected chi connectivity index (χ0v) is 21.9. The van der Waals surface area contributed by atoms with Gasteiger partial charge in [0.15, 0.2) is 0 Å². The highest BCUT2D eigenvalue weighted by Gasteiger charge is 2.24. The van der Waals surface area contributed by atoms with E-state index in [9.17, 15) is 14.4 Å². The molecule has 0 aliphatic rings. The van der Waals surface area contributed by atoms with Crippen molar-refractivity contribution in [3.8, 4) is 0 Å². The molecule has 3 N–H and O–H groups in total. The zero-order valence-electron chi connectivity index (χ0n) is 21.9. The molecule has 9 heteroatoms. The van der Waals surface area contributed by atoms with Crippen LogP contribution in [0.25, 0.3) is 0 Å². The van der Waals surface area contributed by atoms with Gasteiger partial charge in [-0.2, -0.15) is 0 Å². The number of ether oxygens (including phenoxy) is 2. The molecule has 0 spiro atoms. The molecule has 3 amide bonds. The Morgan fingerprint density at radius 3 is 2.03 bits per heavy atom. The molecular weight excluding hydrogens is 484 g/mol. The molecule has 0 aliphatic heterocycles. The summed E-state index contributed by atoms with van der Waals surface area (Å²) in [5, 5.41) is 8.26. The van der Waals surface area contributed by atoms with Crippen LogP contribution in [0.5, 0.6) is 0 Å². The number of carbonyl (C=O) groups is 3. The largest absolute Gasteiger partial charge is 0.445 e. The molecule has 1 atom stereocenters. The van der Waals surface area contributed by atoms with Crippen LogP contribution in [0.1, 0.15) is 43.0 Å². The number of benzene rings is 2. The number of rotatable bonds is 10. The van der Waals surface area contributed by atoms with Crippen LogP contribution in [0.3, 0.4) is 0 Å². The lowest BCUT2D eigenvalue weighted by Crippen LogP contribution is -2.49. The third-order valence-corrected chi connectivity index (χ3v) is 5.31. The summed E-state index contributed by atoms with van der Waals surface area (Å²) >= 11 is 0. The van der Waals surface area contributed by atoms with E-state index in [1.807, 2.05) is 60.7 Å². The summed E-state index contributed by atoms with van der Waals surface area (Å²) in [5.41, 5.74) is 2.79. The Morgan fingerprint density at radius 1 is 0.789 bits per heavy atom. The molecule has 2 aromatic carbocycles. The summed E-state index contributed by atoms with van der Waals surface area (Å²) in [5.74, 6) is -0.341. The minimum absolute atomic E-state index is 0.204. The summed E-state index contributed by atoms with van der Waals surface area (Å²) < 4.78 is 10.5. The Labute approximate surface area is 223 Å². The normalized spacial score (nSPS) is 11.7. The van der Waals surface area contributed by atoms with Crippen molar-refractivity contribution in [2.24, 2.45) is 0 Å². The van der Waals surface area contributed by atoms with Crippen molar-refractivity contribution >= 4 is 18.1 Å². The zero-order chi connectivity index (χ0) is 27.4. The first-order valence-corrected chi connectivity index (χ1v) is 12.4. The number of aromatic nitrogens is 1. The second kappa shape index (κ2) is 13.8. The fraction of sp³-hybridized carbons (Fsp3) is 0.310. The van der Waals surface area contributed by atoms with E-state index < -0.39 is 23.8 Å². The van der Waals surface area contributed by atoms with E-state index >= 15 is 0 Å². The predicted molar refractivity (Wildman–Crippen MR) is 143 cm³/mol. The van der Waals surface area contributed by atoms with Crippen molar-refractivity contribution in [1.82, 2.24) is 20.9 Å². The van der Waals surface area contributed by atoms with Crippen molar-refractivity contribution in [2.75, 3.05) is 0 Å². The molecule has 0 unspecified atom stereocenters. The number of hydrogen-bond donors (Lipinski definition) is 3. The van der Waals surface area contributed by atoms with Crippen LogP contribution in [0, 0.1) is 0 Å². The van der Waals surface area contributed by atoms with Crippen LogP contribution in [0.2, 0.25) is 0 Å². The molecule has 0 saturated carbocycles. The van der Waals surface area contributed by atoms with Gasteiger partial charge < -0.3 is 25.4 Å². The standard InChI is InChI=1S/C29H34N4O5/c1-29(2,3)38-28(36)33-25(16-24-10-7-15-30-17-24)26(34)31-18-21-11-13-22(14-12-21)19-32-27(35)37-20-23-8-5-4-6-9-23/h4-15,17,25H,16,18-20H2,1-3H3,(H,31,34)(H,32,35)(H,33,36)/t25-/m0/s1. The number of nitrogens with one attached hydrogen (secondary N) is 3. The van der Waals surface area contributed by atoms with E-state index in [1.54, 1.807) is 39.2 Å². The van der Waals surface area contributed by atoms with Crippen LogP contribution in [-0.2, 0) is 40.4 Å². The molecular formula is C29H34N4O5. The summed E-state index contributed by atoms with van der Waals surface area (Å²) in [6.45, 7) is 6.06. The number of amides is 3. The van der Waals surface area contributed by atoms with Gasteiger partial charge in [-0.25, -0.2) is 9.59 Å². The van der Waals surface area contributed by atoms with E-state index in [-0.39, 0.29) is 25.5 Å². The lowest BCUT2D eigenvalue weighted by atomic mass is 10.1. The Morgan fingerprint density at radius 2 is 1.42 bits per heavy atom. The van der Waals surface area contributed by atoms with Gasteiger partial charge in [0.05, 0.1) is 0 Å². The average molecular weight is 519 g/mol. The SMILES string of the molecule is CC(C)(C)OC(=O)N[C@@H](Cc1cccnc1)C(=O)NCc1ccc(CNC(=O)OCc2ccccc2)cc1. The van der Waals surface area contributed by atoms with Crippen LogP contribution >= 0.6 is 0 Å². The van der Waals surface area contributed by atoms with Gasteiger partial charge >= 0.3 is 12.2 Å². The Hall–Kier alpha value is -4.40. The average Bonchev–Trinajstić information content (AvgIpc) is 2.89. The number of carbonyl (C=O) groups excluding carboxylic acids is 3. The van der Waals surface area contributed by atoms with Crippen molar-refractivity contribution in [1.29, 1.82) is 0 Å². The molecule has 3 aromatic rings. The highest BCUT2D eigenvalue weighted by Crippen LogP contribution is 2.09. The maximum absolute atomic E-state index is 13.0.